The van der Waals surface area contributed by atoms with E-state index in [4.69, 9.17) is 9.47 Å². The number of ether oxygens (including phenoxy) is 2. The van der Waals surface area contributed by atoms with Crippen LogP contribution in [0.15, 0.2) is 0 Å². The van der Waals surface area contributed by atoms with Gasteiger partial charge < -0.3 is 14.4 Å². The lowest BCUT2D eigenvalue weighted by molar-refractivity contribution is 0.00355. The minimum Gasteiger partial charge on any atom is -0.374 e. The van der Waals surface area contributed by atoms with Gasteiger partial charge in [0.15, 0.2) is 0 Å². The molecule has 3 aliphatic rings. The highest BCUT2D eigenvalue weighted by Crippen LogP contribution is 2.37. The van der Waals surface area contributed by atoms with Crippen molar-refractivity contribution in [2.75, 3.05) is 51.7 Å². The van der Waals surface area contributed by atoms with Crippen LogP contribution in [-0.4, -0.2) is 81.0 Å². The quantitative estimate of drug-likeness (QED) is 0.690. The van der Waals surface area contributed by atoms with Gasteiger partial charge in [-0.15, -0.1) is 0 Å². The highest BCUT2D eigenvalue weighted by atomic mass is 32.2. The topological polar surface area (TPSA) is 59.1 Å². The Bertz CT molecular complexity index is 492. The van der Waals surface area contributed by atoms with Crippen molar-refractivity contribution in [3.63, 3.8) is 0 Å². The molecule has 6 nitrogen and oxygen atoms in total. The molecule has 3 heterocycles. The molecule has 0 aromatic heterocycles. The normalized spacial score (nSPS) is 33.2. The zero-order chi connectivity index (χ0) is 16.3. The lowest BCUT2D eigenvalue weighted by Gasteiger charge is -2.23. The number of hydrogen-bond donors (Lipinski definition) is 0. The van der Waals surface area contributed by atoms with E-state index in [-0.39, 0.29) is 17.5 Å². The second-order valence-corrected chi connectivity index (χ2v) is 9.23. The van der Waals surface area contributed by atoms with Gasteiger partial charge in [0.2, 0.25) is 10.0 Å². The molecule has 0 amide bonds. The molecule has 0 unspecified atom stereocenters. The number of rotatable bonds is 7. The van der Waals surface area contributed by atoms with Crippen LogP contribution in [0.5, 0.6) is 0 Å². The molecule has 23 heavy (non-hydrogen) atoms. The fraction of sp³-hybridized carbons (Fsp3) is 1.00. The van der Waals surface area contributed by atoms with E-state index in [9.17, 15) is 8.42 Å². The molecule has 2 atom stereocenters. The summed E-state index contributed by atoms with van der Waals surface area (Å²) in [5.74, 6) is 0.235. The van der Waals surface area contributed by atoms with Crippen molar-refractivity contribution in [2.45, 2.75) is 50.7 Å². The zero-order valence-corrected chi connectivity index (χ0v) is 15.0. The molecule has 7 heteroatoms. The molecule has 0 aliphatic carbocycles. The van der Waals surface area contributed by atoms with Crippen LogP contribution in [0, 0.1) is 0 Å². The van der Waals surface area contributed by atoms with E-state index in [2.05, 4.69) is 4.90 Å². The van der Waals surface area contributed by atoms with Gasteiger partial charge in [0.05, 0.1) is 30.7 Å². The fourth-order valence-corrected chi connectivity index (χ4v) is 5.56. The van der Waals surface area contributed by atoms with E-state index in [1.165, 1.54) is 25.9 Å². The minimum absolute atomic E-state index is 0.117. The zero-order valence-electron chi connectivity index (χ0n) is 14.2. The Morgan fingerprint density at radius 2 is 2.04 bits per heavy atom. The van der Waals surface area contributed by atoms with Crippen molar-refractivity contribution < 1.29 is 17.9 Å². The maximum atomic E-state index is 12.2. The SMILES string of the molecule is CCCS(=O)(=O)N1CC[C@]2(C[C@@H](OCCN3CCCC3)CO2)C1. The van der Waals surface area contributed by atoms with Crippen LogP contribution in [0.2, 0.25) is 0 Å². The first-order chi connectivity index (χ1) is 11.0. The van der Waals surface area contributed by atoms with Crippen molar-refractivity contribution in [2.24, 2.45) is 0 Å². The molecule has 3 saturated heterocycles. The summed E-state index contributed by atoms with van der Waals surface area (Å²) in [5, 5.41) is 0. The van der Waals surface area contributed by atoms with Gasteiger partial charge >= 0.3 is 0 Å². The Hall–Kier alpha value is -0.210. The van der Waals surface area contributed by atoms with Crippen LogP contribution < -0.4 is 0 Å². The van der Waals surface area contributed by atoms with Gasteiger partial charge in [-0.1, -0.05) is 6.92 Å². The van der Waals surface area contributed by atoms with Gasteiger partial charge in [-0.05, 0) is 38.8 Å². The minimum atomic E-state index is -3.11. The Morgan fingerprint density at radius 1 is 1.26 bits per heavy atom. The van der Waals surface area contributed by atoms with Gasteiger partial charge in [0.25, 0.3) is 0 Å². The fourth-order valence-electron chi connectivity index (χ4n) is 3.98. The molecule has 3 fully saturated rings. The maximum Gasteiger partial charge on any atom is 0.214 e. The van der Waals surface area contributed by atoms with Crippen molar-refractivity contribution in [3.05, 3.63) is 0 Å². The van der Waals surface area contributed by atoms with Gasteiger partial charge in [-0.3, -0.25) is 0 Å². The molecule has 0 N–H and O–H groups in total. The molecule has 3 rings (SSSR count). The molecule has 1 spiro atoms. The van der Waals surface area contributed by atoms with Crippen LogP contribution in [0.25, 0.3) is 0 Å². The van der Waals surface area contributed by atoms with Crippen LogP contribution in [0.3, 0.4) is 0 Å². The second kappa shape index (κ2) is 7.35. The summed E-state index contributed by atoms with van der Waals surface area (Å²) >= 11 is 0. The molecule has 0 aromatic carbocycles. The Labute approximate surface area is 140 Å². The van der Waals surface area contributed by atoms with Crippen LogP contribution in [-0.2, 0) is 19.5 Å². The highest BCUT2D eigenvalue weighted by molar-refractivity contribution is 7.89. The van der Waals surface area contributed by atoms with E-state index < -0.39 is 10.0 Å². The molecular formula is C16H30N2O4S. The Kier molecular flexibility index (Phi) is 5.63. The number of sulfonamides is 1. The summed E-state index contributed by atoms with van der Waals surface area (Å²) < 4.78 is 38.0. The van der Waals surface area contributed by atoms with Crippen molar-refractivity contribution in [1.82, 2.24) is 9.21 Å². The standard InChI is InChI=1S/C16H30N2O4S/c1-2-11-23(19,20)18-8-5-16(14-18)12-15(13-22-16)21-10-9-17-6-3-4-7-17/h15H,2-14H2,1H3/t15-,16+/m1/s1. The molecule has 0 saturated carbocycles. The molecule has 0 radical (unpaired) electrons. The molecular weight excluding hydrogens is 316 g/mol. The van der Waals surface area contributed by atoms with Crippen LogP contribution in [0.4, 0.5) is 0 Å². The van der Waals surface area contributed by atoms with E-state index in [0.717, 1.165) is 26.0 Å². The number of hydrogen-bond acceptors (Lipinski definition) is 5. The summed E-state index contributed by atoms with van der Waals surface area (Å²) in [4.78, 5) is 2.44. The molecule has 134 valence electrons. The molecule has 0 bridgehead atoms. The summed E-state index contributed by atoms with van der Waals surface area (Å²) in [6.07, 6.45) is 5.00. The van der Waals surface area contributed by atoms with Crippen LogP contribution in [0.1, 0.15) is 39.0 Å². The third-order valence-corrected chi connectivity index (χ3v) is 7.29. The largest absolute Gasteiger partial charge is 0.374 e. The van der Waals surface area contributed by atoms with Crippen LogP contribution >= 0.6 is 0 Å². The third-order valence-electron chi connectivity index (χ3n) is 5.27. The summed E-state index contributed by atoms with van der Waals surface area (Å²) in [6, 6.07) is 0. The smallest absolute Gasteiger partial charge is 0.214 e. The highest BCUT2D eigenvalue weighted by Gasteiger charge is 2.48. The Balaban J connectivity index is 1.44. The predicted molar refractivity (Wildman–Crippen MR) is 89.0 cm³/mol. The Morgan fingerprint density at radius 3 is 2.78 bits per heavy atom. The second-order valence-electron chi connectivity index (χ2n) is 7.14. The van der Waals surface area contributed by atoms with E-state index in [1.54, 1.807) is 4.31 Å². The first kappa shape index (κ1) is 17.6. The first-order valence-corrected chi connectivity index (χ1v) is 10.6. The number of nitrogens with zero attached hydrogens (tertiary/aromatic N) is 2. The van der Waals surface area contributed by atoms with Crippen molar-refractivity contribution >= 4 is 10.0 Å². The average Bonchev–Trinajstić information content (AvgIpc) is 3.23. The van der Waals surface area contributed by atoms with Crippen molar-refractivity contribution in [1.29, 1.82) is 0 Å². The molecule has 3 aliphatic heterocycles. The van der Waals surface area contributed by atoms with Crippen molar-refractivity contribution in [3.8, 4) is 0 Å². The molecule has 0 aromatic rings. The number of likely N-dealkylation sites (tertiary alicyclic amines) is 1. The first-order valence-electron chi connectivity index (χ1n) is 8.99. The summed E-state index contributed by atoms with van der Waals surface area (Å²) in [5.41, 5.74) is -0.306. The van der Waals surface area contributed by atoms with Gasteiger partial charge in [0, 0.05) is 26.1 Å². The third kappa shape index (κ3) is 4.25. The predicted octanol–water partition coefficient (Wildman–Crippen LogP) is 1.07. The lowest BCUT2D eigenvalue weighted by atomic mass is 9.98. The summed E-state index contributed by atoms with van der Waals surface area (Å²) in [7, 11) is -3.11. The maximum absolute atomic E-state index is 12.2. The van der Waals surface area contributed by atoms with Gasteiger partial charge in [-0.2, -0.15) is 4.31 Å². The monoisotopic (exact) mass is 346 g/mol. The van der Waals surface area contributed by atoms with E-state index in [1.807, 2.05) is 6.92 Å². The van der Waals surface area contributed by atoms with Gasteiger partial charge in [-0.25, -0.2) is 8.42 Å². The lowest BCUT2D eigenvalue weighted by Crippen LogP contribution is -2.37. The van der Waals surface area contributed by atoms with E-state index >= 15 is 0 Å². The summed E-state index contributed by atoms with van der Waals surface area (Å²) in [6.45, 7) is 7.73. The van der Waals surface area contributed by atoms with E-state index in [0.29, 0.717) is 26.1 Å². The average molecular weight is 346 g/mol. The van der Waals surface area contributed by atoms with Gasteiger partial charge in [0.1, 0.15) is 0 Å².